The minimum Gasteiger partial charge on any atom is -0.484 e. The second-order valence-electron chi connectivity index (χ2n) is 5.23. The molecule has 0 saturated heterocycles. The number of aryl methyl sites for hydroxylation is 1. The van der Waals surface area contributed by atoms with Crippen molar-refractivity contribution < 1.29 is 9.53 Å². The quantitative estimate of drug-likeness (QED) is 0.735. The Hall–Kier alpha value is -2.79. The van der Waals surface area contributed by atoms with Gasteiger partial charge in [-0.25, -0.2) is 0 Å². The second-order valence-corrected chi connectivity index (χ2v) is 5.67. The summed E-state index contributed by atoms with van der Waals surface area (Å²) >= 11 is 5.89. The van der Waals surface area contributed by atoms with Crippen molar-refractivity contribution in [3.8, 4) is 16.9 Å². The van der Waals surface area contributed by atoms with Crippen LogP contribution in [0.2, 0.25) is 5.02 Å². The Morgan fingerprint density at radius 2 is 2.00 bits per heavy atom. The van der Waals surface area contributed by atoms with Crippen LogP contribution in [-0.4, -0.2) is 22.7 Å². The molecule has 0 radical (unpaired) electrons. The third-order valence-electron chi connectivity index (χ3n) is 3.43. The van der Waals surface area contributed by atoms with Crippen molar-refractivity contribution in [1.29, 1.82) is 0 Å². The summed E-state index contributed by atoms with van der Waals surface area (Å²) in [5, 5.41) is 10.4. The molecule has 0 saturated carbocycles. The Kier molecular flexibility index (Phi) is 4.82. The van der Waals surface area contributed by atoms with Crippen molar-refractivity contribution in [2.75, 3.05) is 11.9 Å². The first-order valence-corrected chi connectivity index (χ1v) is 7.80. The van der Waals surface area contributed by atoms with Crippen molar-refractivity contribution in [2.24, 2.45) is 0 Å². The molecule has 2 aromatic carbocycles. The van der Waals surface area contributed by atoms with Crippen LogP contribution in [0.1, 0.15) is 5.69 Å². The standard InChI is InChI=1S/C18H16ClN3O2/c1-12-17(13-6-3-2-4-7-13)18(22-21-12)20-16(23)11-24-15-9-5-8-14(19)10-15/h2-10H,11H2,1H3,(H2,20,21,22,23). The maximum Gasteiger partial charge on any atom is 0.263 e. The molecule has 0 aliphatic carbocycles. The van der Waals surface area contributed by atoms with E-state index in [0.29, 0.717) is 16.6 Å². The van der Waals surface area contributed by atoms with Gasteiger partial charge in [0.2, 0.25) is 0 Å². The number of aromatic nitrogens is 2. The summed E-state index contributed by atoms with van der Waals surface area (Å²) in [7, 11) is 0. The minimum atomic E-state index is -0.293. The summed E-state index contributed by atoms with van der Waals surface area (Å²) < 4.78 is 5.44. The van der Waals surface area contributed by atoms with E-state index in [1.807, 2.05) is 37.3 Å². The van der Waals surface area contributed by atoms with Gasteiger partial charge < -0.3 is 10.1 Å². The summed E-state index contributed by atoms with van der Waals surface area (Å²) in [5.74, 6) is 0.733. The maximum atomic E-state index is 12.1. The van der Waals surface area contributed by atoms with Crippen molar-refractivity contribution in [1.82, 2.24) is 10.2 Å². The third-order valence-corrected chi connectivity index (χ3v) is 3.67. The van der Waals surface area contributed by atoms with Crippen LogP contribution in [-0.2, 0) is 4.79 Å². The number of carbonyl (C=O) groups is 1. The van der Waals surface area contributed by atoms with Gasteiger partial charge in [-0.1, -0.05) is 48.0 Å². The predicted octanol–water partition coefficient (Wildman–Crippen LogP) is 4.06. The summed E-state index contributed by atoms with van der Waals surface area (Å²) in [4.78, 5) is 12.1. The fraction of sp³-hybridized carbons (Fsp3) is 0.111. The van der Waals surface area contributed by atoms with E-state index in [1.165, 1.54) is 0 Å². The minimum absolute atomic E-state index is 0.125. The molecular formula is C18H16ClN3O2. The Bertz CT molecular complexity index is 846. The lowest BCUT2D eigenvalue weighted by Crippen LogP contribution is -2.20. The van der Waals surface area contributed by atoms with Gasteiger partial charge in [0.15, 0.2) is 12.4 Å². The van der Waals surface area contributed by atoms with Crippen LogP contribution in [0.4, 0.5) is 5.82 Å². The number of benzene rings is 2. The second kappa shape index (κ2) is 7.19. The first kappa shape index (κ1) is 16.1. The lowest BCUT2D eigenvalue weighted by atomic mass is 10.1. The summed E-state index contributed by atoms with van der Waals surface area (Å²) in [6, 6.07) is 16.7. The number of halogens is 1. The number of H-pyrrole nitrogens is 1. The number of anilines is 1. The number of hydrogen-bond acceptors (Lipinski definition) is 3. The maximum absolute atomic E-state index is 12.1. The highest BCUT2D eigenvalue weighted by Crippen LogP contribution is 2.29. The molecule has 1 heterocycles. The van der Waals surface area contributed by atoms with Gasteiger partial charge in [0.25, 0.3) is 5.91 Å². The fourth-order valence-corrected chi connectivity index (χ4v) is 2.53. The lowest BCUT2D eigenvalue weighted by molar-refractivity contribution is -0.118. The van der Waals surface area contributed by atoms with Crippen LogP contribution in [0.5, 0.6) is 5.75 Å². The highest BCUT2D eigenvalue weighted by Gasteiger charge is 2.15. The van der Waals surface area contributed by atoms with Crippen LogP contribution in [0.3, 0.4) is 0 Å². The number of hydrogen-bond donors (Lipinski definition) is 2. The van der Waals surface area contributed by atoms with E-state index < -0.39 is 0 Å². The van der Waals surface area contributed by atoms with E-state index in [2.05, 4.69) is 15.5 Å². The molecule has 0 bridgehead atoms. The first-order valence-electron chi connectivity index (χ1n) is 7.42. The van der Waals surface area contributed by atoms with E-state index in [0.717, 1.165) is 16.8 Å². The Balaban J connectivity index is 1.69. The molecule has 3 aromatic rings. The lowest BCUT2D eigenvalue weighted by Gasteiger charge is -2.08. The molecule has 24 heavy (non-hydrogen) atoms. The molecule has 0 aliphatic heterocycles. The monoisotopic (exact) mass is 341 g/mol. The van der Waals surface area contributed by atoms with Crippen LogP contribution in [0, 0.1) is 6.92 Å². The van der Waals surface area contributed by atoms with E-state index in [4.69, 9.17) is 16.3 Å². The predicted molar refractivity (Wildman–Crippen MR) is 94.3 cm³/mol. The number of aromatic amines is 1. The summed E-state index contributed by atoms with van der Waals surface area (Å²) in [5.41, 5.74) is 2.73. The molecular weight excluding hydrogens is 326 g/mol. The molecule has 6 heteroatoms. The smallest absolute Gasteiger partial charge is 0.263 e. The zero-order valence-corrected chi connectivity index (χ0v) is 13.8. The van der Waals surface area contributed by atoms with Crippen LogP contribution in [0.25, 0.3) is 11.1 Å². The highest BCUT2D eigenvalue weighted by molar-refractivity contribution is 6.30. The van der Waals surface area contributed by atoms with Gasteiger partial charge in [0, 0.05) is 16.3 Å². The molecule has 122 valence electrons. The molecule has 0 unspecified atom stereocenters. The molecule has 0 spiro atoms. The topological polar surface area (TPSA) is 67.0 Å². The molecule has 0 atom stereocenters. The van der Waals surface area contributed by atoms with E-state index >= 15 is 0 Å². The zero-order valence-electron chi connectivity index (χ0n) is 13.0. The molecule has 1 amide bonds. The number of rotatable bonds is 5. The van der Waals surface area contributed by atoms with Crippen LogP contribution < -0.4 is 10.1 Å². The first-order chi connectivity index (χ1) is 11.6. The number of carbonyl (C=O) groups excluding carboxylic acids is 1. The van der Waals surface area contributed by atoms with Crippen molar-refractivity contribution in [2.45, 2.75) is 6.92 Å². The van der Waals surface area contributed by atoms with Crippen molar-refractivity contribution in [3.63, 3.8) is 0 Å². The SMILES string of the molecule is Cc1[nH]nc(NC(=O)COc2cccc(Cl)c2)c1-c1ccccc1. The van der Waals surface area contributed by atoms with Gasteiger partial charge in [-0.2, -0.15) is 5.10 Å². The summed E-state index contributed by atoms with van der Waals surface area (Å²) in [6.07, 6.45) is 0. The Morgan fingerprint density at radius 3 is 2.75 bits per heavy atom. The molecule has 0 aliphatic rings. The third kappa shape index (κ3) is 3.75. The molecule has 5 nitrogen and oxygen atoms in total. The van der Waals surface area contributed by atoms with E-state index in [9.17, 15) is 4.79 Å². The molecule has 1 aromatic heterocycles. The number of ether oxygens (including phenoxy) is 1. The van der Waals surface area contributed by atoms with E-state index in [-0.39, 0.29) is 12.5 Å². The van der Waals surface area contributed by atoms with E-state index in [1.54, 1.807) is 24.3 Å². The van der Waals surface area contributed by atoms with Crippen molar-refractivity contribution in [3.05, 3.63) is 65.3 Å². The van der Waals surface area contributed by atoms with Crippen LogP contribution >= 0.6 is 11.6 Å². The fourth-order valence-electron chi connectivity index (χ4n) is 2.35. The number of nitrogens with zero attached hydrogens (tertiary/aromatic N) is 1. The molecule has 3 rings (SSSR count). The van der Waals surface area contributed by atoms with Gasteiger partial charge in [-0.05, 0) is 30.7 Å². The highest BCUT2D eigenvalue weighted by atomic mass is 35.5. The van der Waals surface area contributed by atoms with Gasteiger partial charge in [-0.3, -0.25) is 9.89 Å². The normalized spacial score (nSPS) is 10.4. The average Bonchev–Trinajstić information content (AvgIpc) is 2.94. The Labute approximate surface area is 144 Å². The largest absolute Gasteiger partial charge is 0.484 e. The van der Waals surface area contributed by atoms with Gasteiger partial charge in [0.1, 0.15) is 5.75 Å². The number of amides is 1. The zero-order chi connectivity index (χ0) is 16.9. The van der Waals surface area contributed by atoms with Gasteiger partial charge in [-0.15, -0.1) is 0 Å². The van der Waals surface area contributed by atoms with Gasteiger partial charge in [0.05, 0.1) is 0 Å². The molecule has 0 fully saturated rings. The molecule has 2 N–H and O–H groups in total. The Morgan fingerprint density at radius 1 is 1.21 bits per heavy atom. The van der Waals surface area contributed by atoms with Crippen LogP contribution in [0.15, 0.2) is 54.6 Å². The number of nitrogens with one attached hydrogen (secondary N) is 2. The van der Waals surface area contributed by atoms with Crippen molar-refractivity contribution >= 4 is 23.3 Å². The summed E-state index contributed by atoms with van der Waals surface area (Å²) in [6.45, 7) is 1.79. The average molecular weight is 342 g/mol. The van der Waals surface area contributed by atoms with Gasteiger partial charge >= 0.3 is 0 Å².